The summed E-state index contributed by atoms with van der Waals surface area (Å²) in [4.78, 5) is 15.3. The SMILES string of the molecule is CCCC(C)c1nc(C(C)C)c(C(=O)O)o1. The first-order valence-electron chi connectivity index (χ1n) is 5.71. The van der Waals surface area contributed by atoms with Crippen LogP contribution in [0.2, 0.25) is 0 Å². The molecule has 0 radical (unpaired) electrons. The van der Waals surface area contributed by atoms with E-state index in [9.17, 15) is 4.79 Å². The molecule has 0 aliphatic rings. The van der Waals surface area contributed by atoms with Crippen LogP contribution in [-0.4, -0.2) is 16.1 Å². The number of carboxylic acids is 1. The third-order valence-corrected chi connectivity index (χ3v) is 2.55. The normalized spacial score (nSPS) is 13.1. The molecule has 90 valence electrons. The standard InChI is InChI=1S/C12H19NO3/c1-5-6-8(4)11-13-9(7(2)3)10(16-11)12(14)15/h7-8H,5-6H2,1-4H3,(H,14,15). The van der Waals surface area contributed by atoms with Crippen molar-refractivity contribution in [3.05, 3.63) is 17.3 Å². The van der Waals surface area contributed by atoms with Crippen LogP contribution in [0.3, 0.4) is 0 Å². The highest BCUT2D eigenvalue weighted by atomic mass is 16.4. The first-order chi connectivity index (χ1) is 7.47. The molecule has 0 bridgehead atoms. The van der Waals surface area contributed by atoms with E-state index in [2.05, 4.69) is 11.9 Å². The number of aromatic carboxylic acids is 1. The lowest BCUT2D eigenvalue weighted by Gasteiger charge is -2.03. The Labute approximate surface area is 95.7 Å². The van der Waals surface area contributed by atoms with Crippen molar-refractivity contribution >= 4 is 5.97 Å². The van der Waals surface area contributed by atoms with E-state index in [0.717, 1.165) is 12.8 Å². The number of aromatic nitrogens is 1. The summed E-state index contributed by atoms with van der Waals surface area (Å²) >= 11 is 0. The number of carboxylic acid groups (broad SMARTS) is 1. The molecule has 0 saturated heterocycles. The van der Waals surface area contributed by atoms with Gasteiger partial charge >= 0.3 is 5.97 Å². The zero-order valence-corrected chi connectivity index (χ0v) is 10.3. The van der Waals surface area contributed by atoms with Gasteiger partial charge in [-0.2, -0.15) is 0 Å². The van der Waals surface area contributed by atoms with Crippen molar-refractivity contribution in [3.63, 3.8) is 0 Å². The van der Waals surface area contributed by atoms with Crippen LogP contribution in [-0.2, 0) is 0 Å². The molecule has 4 nitrogen and oxygen atoms in total. The fourth-order valence-electron chi connectivity index (χ4n) is 1.66. The topological polar surface area (TPSA) is 63.3 Å². The van der Waals surface area contributed by atoms with Gasteiger partial charge in [0.1, 0.15) is 0 Å². The number of carbonyl (C=O) groups is 1. The van der Waals surface area contributed by atoms with Crippen molar-refractivity contribution in [2.75, 3.05) is 0 Å². The van der Waals surface area contributed by atoms with Crippen molar-refractivity contribution in [2.24, 2.45) is 0 Å². The second-order valence-corrected chi connectivity index (χ2v) is 4.42. The quantitative estimate of drug-likeness (QED) is 0.834. The first kappa shape index (κ1) is 12.7. The van der Waals surface area contributed by atoms with E-state index < -0.39 is 5.97 Å². The summed E-state index contributed by atoms with van der Waals surface area (Å²) in [6.07, 6.45) is 1.99. The van der Waals surface area contributed by atoms with Crippen LogP contribution < -0.4 is 0 Å². The highest BCUT2D eigenvalue weighted by molar-refractivity contribution is 5.85. The summed E-state index contributed by atoms with van der Waals surface area (Å²) in [7, 11) is 0. The van der Waals surface area contributed by atoms with Crippen LogP contribution in [0.15, 0.2) is 4.42 Å². The Morgan fingerprint density at radius 2 is 2.06 bits per heavy atom. The molecule has 1 atom stereocenters. The summed E-state index contributed by atoms with van der Waals surface area (Å²) in [5, 5.41) is 9.01. The van der Waals surface area contributed by atoms with Crippen molar-refractivity contribution in [3.8, 4) is 0 Å². The van der Waals surface area contributed by atoms with Gasteiger partial charge in [-0.15, -0.1) is 0 Å². The molecular weight excluding hydrogens is 206 g/mol. The van der Waals surface area contributed by atoms with Gasteiger partial charge in [-0.25, -0.2) is 9.78 Å². The Kier molecular flexibility index (Phi) is 4.10. The highest BCUT2D eigenvalue weighted by Crippen LogP contribution is 2.26. The predicted molar refractivity (Wildman–Crippen MR) is 60.9 cm³/mol. The van der Waals surface area contributed by atoms with Crippen LogP contribution in [0, 0.1) is 0 Å². The van der Waals surface area contributed by atoms with Gasteiger partial charge in [-0.05, 0) is 12.3 Å². The van der Waals surface area contributed by atoms with E-state index in [0.29, 0.717) is 11.6 Å². The number of hydrogen-bond donors (Lipinski definition) is 1. The van der Waals surface area contributed by atoms with Crippen molar-refractivity contribution in [2.45, 2.75) is 52.4 Å². The number of nitrogens with zero attached hydrogens (tertiary/aromatic N) is 1. The van der Waals surface area contributed by atoms with Crippen LogP contribution in [0.4, 0.5) is 0 Å². The van der Waals surface area contributed by atoms with Crippen LogP contribution in [0.5, 0.6) is 0 Å². The van der Waals surface area contributed by atoms with Gasteiger partial charge in [0, 0.05) is 5.92 Å². The van der Waals surface area contributed by atoms with E-state index in [-0.39, 0.29) is 17.6 Å². The van der Waals surface area contributed by atoms with Gasteiger partial charge in [-0.1, -0.05) is 34.1 Å². The predicted octanol–water partition coefficient (Wildman–Crippen LogP) is 3.40. The van der Waals surface area contributed by atoms with Gasteiger partial charge in [0.2, 0.25) is 5.76 Å². The largest absolute Gasteiger partial charge is 0.475 e. The van der Waals surface area contributed by atoms with Gasteiger partial charge in [-0.3, -0.25) is 0 Å². The molecule has 0 fully saturated rings. The smallest absolute Gasteiger partial charge is 0.373 e. The number of rotatable bonds is 5. The van der Waals surface area contributed by atoms with Crippen molar-refractivity contribution in [1.82, 2.24) is 4.98 Å². The molecule has 16 heavy (non-hydrogen) atoms. The van der Waals surface area contributed by atoms with Crippen LogP contribution >= 0.6 is 0 Å². The monoisotopic (exact) mass is 225 g/mol. The summed E-state index contributed by atoms with van der Waals surface area (Å²) in [6.45, 7) is 7.92. The highest BCUT2D eigenvalue weighted by Gasteiger charge is 2.23. The average Bonchev–Trinajstić information content (AvgIpc) is 2.62. The molecular formula is C12H19NO3. The van der Waals surface area contributed by atoms with E-state index in [1.54, 1.807) is 0 Å². The molecule has 4 heteroatoms. The molecule has 0 aliphatic heterocycles. The van der Waals surface area contributed by atoms with Crippen LogP contribution in [0.25, 0.3) is 0 Å². The Hall–Kier alpha value is -1.32. The molecule has 0 spiro atoms. The zero-order chi connectivity index (χ0) is 12.3. The van der Waals surface area contributed by atoms with Crippen LogP contribution in [0.1, 0.15) is 74.5 Å². The number of oxazole rings is 1. The Bertz CT molecular complexity index is 368. The van der Waals surface area contributed by atoms with Crippen molar-refractivity contribution < 1.29 is 14.3 Å². The summed E-state index contributed by atoms with van der Waals surface area (Å²) in [5.74, 6) is -0.255. The van der Waals surface area contributed by atoms with Crippen molar-refractivity contribution in [1.29, 1.82) is 0 Å². The Balaban J connectivity index is 3.06. The molecule has 0 amide bonds. The molecule has 1 unspecified atom stereocenters. The van der Waals surface area contributed by atoms with E-state index in [4.69, 9.17) is 9.52 Å². The van der Waals surface area contributed by atoms with E-state index >= 15 is 0 Å². The summed E-state index contributed by atoms with van der Waals surface area (Å²) in [6, 6.07) is 0. The Morgan fingerprint density at radius 1 is 1.44 bits per heavy atom. The van der Waals surface area contributed by atoms with E-state index in [1.807, 2.05) is 20.8 Å². The maximum absolute atomic E-state index is 11.0. The zero-order valence-electron chi connectivity index (χ0n) is 10.3. The first-order valence-corrected chi connectivity index (χ1v) is 5.71. The molecule has 0 saturated carbocycles. The molecule has 1 aromatic rings. The summed E-state index contributed by atoms with van der Waals surface area (Å²) < 4.78 is 5.34. The molecule has 1 rings (SSSR count). The van der Waals surface area contributed by atoms with Gasteiger partial charge in [0.15, 0.2) is 5.89 Å². The lowest BCUT2D eigenvalue weighted by molar-refractivity contribution is 0.0657. The lowest BCUT2D eigenvalue weighted by atomic mass is 10.1. The summed E-state index contributed by atoms with van der Waals surface area (Å²) in [5.41, 5.74) is 0.547. The lowest BCUT2D eigenvalue weighted by Crippen LogP contribution is -2.01. The van der Waals surface area contributed by atoms with Gasteiger partial charge in [0.25, 0.3) is 0 Å². The molecule has 0 aliphatic carbocycles. The van der Waals surface area contributed by atoms with E-state index in [1.165, 1.54) is 0 Å². The molecule has 1 N–H and O–H groups in total. The number of hydrogen-bond acceptors (Lipinski definition) is 3. The second-order valence-electron chi connectivity index (χ2n) is 4.42. The molecule has 0 aromatic carbocycles. The van der Waals surface area contributed by atoms with Gasteiger partial charge < -0.3 is 9.52 Å². The fourth-order valence-corrected chi connectivity index (χ4v) is 1.66. The minimum Gasteiger partial charge on any atom is -0.475 e. The maximum Gasteiger partial charge on any atom is 0.373 e. The minimum absolute atomic E-state index is 0.00652. The minimum atomic E-state index is -1.04. The molecule has 1 heterocycles. The average molecular weight is 225 g/mol. The second kappa shape index (κ2) is 5.14. The Morgan fingerprint density at radius 3 is 2.44 bits per heavy atom. The van der Waals surface area contributed by atoms with Gasteiger partial charge in [0.05, 0.1) is 5.69 Å². The fraction of sp³-hybridized carbons (Fsp3) is 0.667. The third-order valence-electron chi connectivity index (χ3n) is 2.55. The third kappa shape index (κ3) is 2.62. The molecule has 1 aromatic heterocycles. The maximum atomic E-state index is 11.0.